The third-order valence-corrected chi connectivity index (χ3v) is 6.19. The maximum Gasteiger partial charge on any atom is 0.338 e. The van der Waals surface area contributed by atoms with Crippen LogP contribution in [0.1, 0.15) is 42.1 Å². The molecule has 0 aromatic heterocycles. The first kappa shape index (κ1) is 21.7. The highest BCUT2D eigenvalue weighted by Crippen LogP contribution is 2.42. The Morgan fingerprint density at radius 2 is 1.75 bits per heavy atom. The maximum absolute atomic E-state index is 12.8. The number of aryl methyl sites for hydroxylation is 1. The van der Waals surface area contributed by atoms with Crippen LogP contribution in [0.5, 0.6) is 0 Å². The average Bonchev–Trinajstić information content (AvgIpc) is 3.01. The zero-order valence-corrected chi connectivity index (χ0v) is 18.2. The van der Waals surface area contributed by atoms with Crippen LogP contribution in [0.2, 0.25) is 0 Å². The molecule has 0 bridgehead atoms. The van der Waals surface area contributed by atoms with E-state index in [2.05, 4.69) is 12.2 Å². The second-order valence-electron chi connectivity index (χ2n) is 8.68. The molecule has 2 aromatic rings. The third kappa shape index (κ3) is 4.42. The molecule has 32 heavy (non-hydrogen) atoms. The van der Waals surface area contributed by atoms with Crippen molar-refractivity contribution in [3.63, 3.8) is 0 Å². The molecular weight excluding hydrogens is 408 g/mol. The van der Waals surface area contributed by atoms with Gasteiger partial charge in [0.25, 0.3) is 5.91 Å². The summed E-state index contributed by atoms with van der Waals surface area (Å²) in [6.45, 7) is 3.61. The molecule has 7 nitrogen and oxygen atoms in total. The quantitative estimate of drug-likeness (QED) is 0.572. The molecule has 2 fully saturated rings. The standard InChI is InChI=1S/C25H26N2O5/c1-15-4-3-5-18(12-15)26-22(28)14-32-25(31)17-7-9-19(10-8-17)27-23(29)20-11-6-16(2)13-21(20)24(27)30/h3-5,7-10,12,16,20-21H,6,11,13-14H2,1-2H3,(H,26,28)/t16-,20-,21+/m1/s1. The van der Waals surface area contributed by atoms with Crippen LogP contribution >= 0.6 is 0 Å². The molecule has 0 radical (unpaired) electrons. The van der Waals surface area contributed by atoms with Gasteiger partial charge in [-0.25, -0.2) is 4.79 Å². The second-order valence-corrected chi connectivity index (χ2v) is 8.68. The molecule has 4 rings (SSSR count). The second kappa shape index (κ2) is 8.94. The van der Waals surface area contributed by atoms with Crippen molar-refractivity contribution in [1.29, 1.82) is 0 Å². The van der Waals surface area contributed by atoms with Crippen molar-refractivity contribution in [2.45, 2.75) is 33.1 Å². The van der Waals surface area contributed by atoms with Crippen LogP contribution in [0.3, 0.4) is 0 Å². The van der Waals surface area contributed by atoms with Gasteiger partial charge < -0.3 is 10.1 Å². The molecule has 3 amide bonds. The first-order valence-corrected chi connectivity index (χ1v) is 10.8. The van der Waals surface area contributed by atoms with Gasteiger partial charge in [-0.15, -0.1) is 0 Å². The number of ether oxygens (including phenoxy) is 1. The number of hydrogen-bond acceptors (Lipinski definition) is 5. The minimum atomic E-state index is -0.655. The van der Waals surface area contributed by atoms with Gasteiger partial charge in [-0.3, -0.25) is 19.3 Å². The molecule has 1 aliphatic carbocycles. The van der Waals surface area contributed by atoms with E-state index in [-0.39, 0.29) is 29.2 Å². The SMILES string of the molecule is Cc1cccc(NC(=O)COC(=O)c2ccc(N3C(=O)[C@H]4C[C@H](C)CC[C@H]4C3=O)cc2)c1. The van der Waals surface area contributed by atoms with Crippen molar-refractivity contribution in [3.05, 3.63) is 59.7 Å². The molecule has 3 atom stereocenters. The van der Waals surface area contributed by atoms with Crippen LogP contribution < -0.4 is 10.2 Å². The Kier molecular flexibility index (Phi) is 6.08. The number of imide groups is 1. The zero-order chi connectivity index (χ0) is 22.8. The van der Waals surface area contributed by atoms with E-state index in [1.165, 1.54) is 17.0 Å². The van der Waals surface area contributed by atoms with Crippen molar-refractivity contribution in [3.8, 4) is 0 Å². The normalized spacial score (nSPS) is 22.4. The topological polar surface area (TPSA) is 92.8 Å². The van der Waals surface area contributed by atoms with E-state index in [4.69, 9.17) is 4.74 Å². The van der Waals surface area contributed by atoms with Crippen LogP contribution in [0.15, 0.2) is 48.5 Å². The highest BCUT2D eigenvalue weighted by atomic mass is 16.5. The fourth-order valence-corrected chi connectivity index (χ4v) is 4.53. The number of rotatable bonds is 5. The summed E-state index contributed by atoms with van der Waals surface area (Å²) in [7, 11) is 0. The van der Waals surface area contributed by atoms with Crippen molar-refractivity contribution in [2.24, 2.45) is 17.8 Å². The molecule has 2 aliphatic rings. The van der Waals surface area contributed by atoms with E-state index in [9.17, 15) is 19.2 Å². The van der Waals surface area contributed by atoms with Crippen molar-refractivity contribution in [1.82, 2.24) is 0 Å². The van der Waals surface area contributed by atoms with E-state index in [1.54, 1.807) is 18.2 Å². The predicted octanol–water partition coefficient (Wildman–Crippen LogP) is 3.72. The van der Waals surface area contributed by atoms with Gasteiger partial charge >= 0.3 is 5.97 Å². The van der Waals surface area contributed by atoms with Gasteiger partial charge in [-0.2, -0.15) is 0 Å². The van der Waals surface area contributed by atoms with Crippen molar-refractivity contribution < 1.29 is 23.9 Å². The van der Waals surface area contributed by atoms with Crippen LogP contribution in [-0.2, 0) is 19.1 Å². The molecule has 1 saturated heterocycles. The lowest BCUT2D eigenvalue weighted by Crippen LogP contribution is -2.30. The molecule has 0 spiro atoms. The lowest BCUT2D eigenvalue weighted by Gasteiger charge is -2.25. The van der Waals surface area contributed by atoms with Gasteiger partial charge in [0.15, 0.2) is 6.61 Å². The number of nitrogens with zero attached hydrogens (tertiary/aromatic N) is 1. The minimum Gasteiger partial charge on any atom is -0.452 e. The Bertz CT molecular complexity index is 1060. The number of fused-ring (bicyclic) bond motifs is 1. The van der Waals surface area contributed by atoms with Crippen LogP contribution in [0.25, 0.3) is 0 Å². The molecule has 1 heterocycles. The molecule has 1 N–H and O–H groups in total. The number of anilines is 2. The third-order valence-electron chi connectivity index (χ3n) is 6.19. The van der Waals surface area contributed by atoms with E-state index >= 15 is 0 Å². The van der Waals surface area contributed by atoms with E-state index in [0.29, 0.717) is 17.3 Å². The Morgan fingerprint density at radius 1 is 1.03 bits per heavy atom. The number of carbonyl (C=O) groups is 4. The van der Waals surface area contributed by atoms with Crippen LogP contribution in [0.4, 0.5) is 11.4 Å². The van der Waals surface area contributed by atoms with E-state index < -0.39 is 18.5 Å². The van der Waals surface area contributed by atoms with Gasteiger partial charge in [0.1, 0.15) is 0 Å². The molecule has 1 aliphatic heterocycles. The van der Waals surface area contributed by atoms with Gasteiger partial charge in [-0.1, -0.05) is 19.1 Å². The first-order valence-electron chi connectivity index (χ1n) is 10.8. The molecule has 2 aromatic carbocycles. The van der Waals surface area contributed by atoms with Gasteiger partial charge in [0.2, 0.25) is 11.8 Å². The summed E-state index contributed by atoms with van der Waals surface area (Å²) in [5.74, 6) is -1.46. The fraction of sp³-hybridized carbons (Fsp3) is 0.360. The summed E-state index contributed by atoms with van der Waals surface area (Å²) in [5.41, 5.74) is 2.33. The number of amides is 3. The summed E-state index contributed by atoms with van der Waals surface area (Å²) in [6.07, 6.45) is 2.43. The fourth-order valence-electron chi connectivity index (χ4n) is 4.53. The lowest BCUT2D eigenvalue weighted by atomic mass is 9.76. The van der Waals surface area contributed by atoms with Crippen molar-refractivity contribution in [2.75, 3.05) is 16.8 Å². The molecule has 0 unspecified atom stereocenters. The Hall–Kier alpha value is -3.48. The summed E-state index contributed by atoms with van der Waals surface area (Å²) >= 11 is 0. The summed E-state index contributed by atoms with van der Waals surface area (Å²) in [4.78, 5) is 51.2. The maximum atomic E-state index is 12.8. The predicted molar refractivity (Wildman–Crippen MR) is 119 cm³/mol. The van der Waals surface area contributed by atoms with E-state index in [1.807, 2.05) is 25.1 Å². The average molecular weight is 434 g/mol. The Labute approximate surface area is 186 Å². The highest BCUT2D eigenvalue weighted by molar-refractivity contribution is 6.22. The number of benzene rings is 2. The monoisotopic (exact) mass is 434 g/mol. The molecule has 1 saturated carbocycles. The highest BCUT2D eigenvalue weighted by Gasteiger charge is 2.49. The van der Waals surface area contributed by atoms with Gasteiger partial charge in [0.05, 0.1) is 23.1 Å². The number of carbonyl (C=O) groups excluding carboxylic acids is 4. The van der Waals surface area contributed by atoms with Crippen molar-refractivity contribution >= 4 is 35.1 Å². The first-order chi connectivity index (χ1) is 15.3. The van der Waals surface area contributed by atoms with Crippen LogP contribution in [-0.4, -0.2) is 30.3 Å². The summed E-state index contributed by atoms with van der Waals surface area (Å²) in [5, 5.41) is 2.68. The molecular formula is C25H26N2O5. The van der Waals surface area contributed by atoms with E-state index in [0.717, 1.165) is 24.8 Å². The number of esters is 1. The van der Waals surface area contributed by atoms with Crippen LogP contribution in [0, 0.1) is 24.7 Å². The summed E-state index contributed by atoms with van der Waals surface area (Å²) in [6, 6.07) is 13.4. The number of nitrogens with one attached hydrogen (secondary N) is 1. The Balaban J connectivity index is 1.36. The minimum absolute atomic E-state index is 0.157. The largest absolute Gasteiger partial charge is 0.452 e. The smallest absolute Gasteiger partial charge is 0.338 e. The molecule has 166 valence electrons. The van der Waals surface area contributed by atoms with Gasteiger partial charge in [-0.05, 0) is 74.1 Å². The number of hydrogen-bond donors (Lipinski definition) is 1. The lowest BCUT2D eigenvalue weighted by molar-refractivity contribution is -0.122. The zero-order valence-electron chi connectivity index (χ0n) is 18.2. The molecule has 7 heteroatoms. The van der Waals surface area contributed by atoms with Gasteiger partial charge in [0, 0.05) is 5.69 Å². The Morgan fingerprint density at radius 3 is 2.47 bits per heavy atom. The summed E-state index contributed by atoms with van der Waals surface area (Å²) < 4.78 is 5.09.